The van der Waals surface area contributed by atoms with Gasteiger partial charge in [-0.05, 0) is 6.92 Å². The van der Waals surface area contributed by atoms with Crippen molar-refractivity contribution in [1.29, 1.82) is 5.26 Å². The average molecular weight is 225 g/mol. The van der Waals surface area contributed by atoms with Gasteiger partial charge in [-0.2, -0.15) is 5.26 Å². The van der Waals surface area contributed by atoms with E-state index in [0.717, 1.165) is 0 Å². The highest BCUT2D eigenvalue weighted by atomic mass is 35.5. The van der Waals surface area contributed by atoms with Gasteiger partial charge in [0, 0.05) is 19.5 Å². The van der Waals surface area contributed by atoms with Gasteiger partial charge in [0.2, 0.25) is 10.0 Å². The van der Waals surface area contributed by atoms with Gasteiger partial charge in [-0.3, -0.25) is 0 Å². The quantitative estimate of drug-likeness (QED) is 0.645. The van der Waals surface area contributed by atoms with Gasteiger partial charge in [0.25, 0.3) is 0 Å². The number of hydrogen-bond acceptors (Lipinski definition) is 3. The zero-order chi connectivity index (χ0) is 10.5. The molecule has 0 saturated carbocycles. The van der Waals surface area contributed by atoms with Crippen molar-refractivity contribution in [3.05, 3.63) is 0 Å². The highest BCUT2D eigenvalue weighted by Crippen LogP contribution is 2.03. The molecule has 0 radical (unpaired) electrons. The molecule has 0 rings (SSSR count). The van der Waals surface area contributed by atoms with Crippen molar-refractivity contribution in [1.82, 2.24) is 4.31 Å². The van der Waals surface area contributed by atoms with Crippen molar-refractivity contribution in [2.75, 3.05) is 25.2 Å². The summed E-state index contributed by atoms with van der Waals surface area (Å²) in [7, 11) is -1.81. The molecule has 0 aromatic rings. The number of halogens is 1. The van der Waals surface area contributed by atoms with Crippen molar-refractivity contribution in [3.8, 4) is 6.07 Å². The van der Waals surface area contributed by atoms with Crippen LogP contribution in [0.2, 0.25) is 0 Å². The summed E-state index contributed by atoms with van der Waals surface area (Å²) in [5.41, 5.74) is 0. The van der Waals surface area contributed by atoms with E-state index in [2.05, 4.69) is 0 Å². The van der Waals surface area contributed by atoms with E-state index in [-0.39, 0.29) is 24.1 Å². The monoisotopic (exact) mass is 224 g/mol. The van der Waals surface area contributed by atoms with Gasteiger partial charge in [-0.15, -0.1) is 11.6 Å². The van der Waals surface area contributed by atoms with Crippen LogP contribution in [0.25, 0.3) is 0 Å². The maximum atomic E-state index is 11.3. The predicted octanol–water partition coefficient (Wildman–Crippen LogP) is 0.646. The van der Waals surface area contributed by atoms with Gasteiger partial charge < -0.3 is 0 Å². The number of alkyl halides is 1. The molecule has 0 bridgehead atoms. The summed E-state index contributed by atoms with van der Waals surface area (Å²) in [5.74, 6) is -0.299. The molecule has 1 unspecified atom stereocenters. The van der Waals surface area contributed by atoms with Crippen LogP contribution in [0.15, 0.2) is 0 Å². The van der Waals surface area contributed by atoms with Gasteiger partial charge in [0.15, 0.2) is 0 Å². The molecular formula is C7H13ClN2O2S. The van der Waals surface area contributed by atoms with Crippen LogP contribution in [0.4, 0.5) is 0 Å². The second kappa shape index (κ2) is 5.43. The van der Waals surface area contributed by atoms with Gasteiger partial charge >= 0.3 is 0 Å². The second-order valence-electron chi connectivity index (χ2n) is 2.82. The Balaban J connectivity index is 4.27. The van der Waals surface area contributed by atoms with E-state index in [1.54, 1.807) is 6.92 Å². The maximum absolute atomic E-state index is 11.3. The van der Waals surface area contributed by atoms with Crippen LogP contribution >= 0.6 is 11.6 Å². The third-order valence-electron chi connectivity index (χ3n) is 1.56. The lowest BCUT2D eigenvalue weighted by molar-refractivity contribution is 0.440. The number of hydrogen-bond donors (Lipinski definition) is 0. The molecule has 0 spiro atoms. The molecule has 0 saturated heterocycles. The molecule has 0 heterocycles. The van der Waals surface area contributed by atoms with Crippen molar-refractivity contribution in [2.45, 2.75) is 6.92 Å². The minimum atomic E-state index is -3.27. The van der Waals surface area contributed by atoms with E-state index >= 15 is 0 Å². The van der Waals surface area contributed by atoms with Crippen LogP contribution in [0.1, 0.15) is 6.92 Å². The van der Waals surface area contributed by atoms with Crippen LogP contribution in [-0.4, -0.2) is 37.9 Å². The zero-order valence-corrected chi connectivity index (χ0v) is 9.27. The first-order valence-electron chi connectivity index (χ1n) is 3.83. The molecule has 0 aliphatic carbocycles. The number of sulfonamides is 1. The molecule has 0 aromatic carbocycles. The van der Waals surface area contributed by atoms with Crippen LogP contribution in [0, 0.1) is 17.2 Å². The Morgan fingerprint density at radius 1 is 1.62 bits per heavy atom. The maximum Gasteiger partial charge on any atom is 0.215 e. The van der Waals surface area contributed by atoms with Gasteiger partial charge in [-0.1, -0.05) is 0 Å². The highest BCUT2D eigenvalue weighted by Gasteiger charge is 2.18. The molecule has 0 N–H and O–H groups in total. The third kappa shape index (κ3) is 4.46. The minimum Gasteiger partial charge on any atom is -0.212 e. The summed E-state index contributed by atoms with van der Waals surface area (Å²) < 4.78 is 23.8. The van der Waals surface area contributed by atoms with E-state index < -0.39 is 10.0 Å². The van der Waals surface area contributed by atoms with Gasteiger partial charge in [-0.25, -0.2) is 12.7 Å². The fourth-order valence-electron chi connectivity index (χ4n) is 0.793. The van der Waals surface area contributed by atoms with Crippen LogP contribution in [-0.2, 0) is 10.0 Å². The Kier molecular flexibility index (Phi) is 5.30. The number of rotatable bonds is 5. The first kappa shape index (κ1) is 12.7. The molecule has 0 aliphatic heterocycles. The summed E-state index contributed by atoms with van der Waals surface area (Å²) in [6.45, 7) is 1.89. The molecule has 0 amide bonds. The average Bonchev–Trinajstić information content (AvgIpc) is 2.04. The molecule has 0 aliphatic rings. The molecular weight excluding hydrogens is 212 g/mol. The third-order valence-corrected chi connectivity index (χ3v) is 3.79. The van der Waals surface area contributed by atoms with E-state index in [9.17, 15) is 8.42 Å². The van der Waals surface area contributed by atoms with E-state index in [1.165, 1.54) is 11.4 Å². The van der Waals surface area contributed by atoms with E-state index in [0.29, 0.717) is 0 Å². The van der Waals surface area contributed by atoms with Crippen LogP contribution in [0.3, 0.4) is 0 Å². The molecule has 6 heteroatoms. The lowest BCUT2D eigenvalue weighted by atomic mass is 10.2. The zero-order valence-electron chi connectivity index (χ0n) is 7.70. The normalized spacial score (nSPS) is 14.1. The van der Waals surface area contributed by atoms with Crippen molar-refractivity contribution in [2.24, 2.45) is 5.92 Å². The Morgan fingerprint density at radius 3 is 2.54 bits per heavy atom. The second-order valence-corrected chi connectivity index (χ2v) is 5.39. The summed E-state index contributed by atoms with van der Waals surface area (Å²) in [4.78, 5) is 0. The van der Waals surface area contributed by atoms with Gasteiger partial charge in [0.1, 0.15) is 0 Å². The SMILES string of the molecule is CC(C#N)CN(C)S(=O)(=O)CCCl. The Labute approximate surface area is 84.1 Å². The predicted molar refractivity (Wildman–Crippen MR) is 51.9 cm³/mol. The van der Waals surface area contributed by atoms with Crippen molar-refractivity contribution >= 4 is 21.6 Å². The van der Waals surface area contributed by atoms with Crippen molar-refractivity contribution in [3.63, 3.8) is 0 Å². The lowest BCUT2D eigenvalue weighted by Crippen LogP contribution is -2.33. The number of nitrogens with zero attached hydrogens (tertiary/aromatic N) is 2. The molecule has 13 heavy (non-hydrogen) atoms. The van der Waals surface area contributed by atoms with Crippen molar-refractivity contribution < 1.29 is 8.42 Å². The Morgan fingerprint density at radius 2 is 2.15 bits per heavy atom. The fourth-order valence-corrected chi connectivity index (χ4v) is 2.34. The first-order chi connectivity index (χ1) is 5.94. The molecule has 76 valence electrons. The summed E-state index contributed by atoms with van der Waals surface area (Å²) >= 11 is 5.33. The fraction of sp³-hybridized carbons (Fsp3) is 0.857. The summed E-state index contributed by atoms with van der Waals surface area (Å²) in [5, 5.41) is 8.48. The smallest absolute Gasteiger partial charge is 0.212 e. The Bertz CT molecular complexity index is 283. The first-order valence-corrected chi connectivity index (χ1v) is 5.98. The number of nitriles is 1. The Hall–Kier alpha value is -0.310. The summed E-state index contributed by atoms with van der Waals surface area (Å²) in [6.07, 6.45) is 0. The van der Waals surface area contributed by atoms with Gasteiger partial charge in [0.05, 0.1) is 17.7 Å². The van der Waals surface area contributed by atoms with E-state index in [4.69, 9.17) is 16.9 Å². The summed E-state index contributed by atoms with van der Waals surface area (Å²) in [6, 6.07) is 1.97. The topological polar surface area (TPSA) is 61.2 Å². The lowest BCUT2D eigenvalue weighted by Gasteiger charge is -2.16. The molecule has 0 fully saturated rings. The molecule has 0 aromatic heterocycles. The molecule has 1 atom stereocenters. The highest BCUT2D eigenvalue weighted by molar-refractivity contribution is 7.89. The van der Waals surface area contributed by atoms with Crippen LogP contribution < -0.4 is 0 Å². The van der Waals surface area contributed by atoms with Crippen LogP contribution in [0.5, 0.6) is 0 Å². The largest absolute Gasteiger partial charge is 0.215 e. The minimum absolute atomic E-state index is 0.0770. The molecule has 4 nitrogen and oxygen atoms in total. The van der Waals surface area contributed by atoms with E-state index in [1.807, 2.05) is 6.07 Å². The standard InChI is InChI=1S/C7H13ClN2O2S/c1-7(5-9)6-10(2)13(11,12)4-3-8/h7H,3-4,6H2,1-2H3.